The fourth-order valence-corrected chi connectivity index (χ4v) is 1.42. The van der Waals surface area contributed by atoms with Gasteiger partial charge in [0.1, 0.15) is 0 Å². The first-order valence-corrected chi connectivity index (χ1v) is 4.79. The molecule has 4 nitrogen and oxygen atoms in total. The van der Waals surface area contributed by atoms with Crippen LogP contribution in [0.4, 0.5) is 0 Å². The lowest BCUT2D eigenvalue weighted by molar-refractivity contribution is 0.601. The highest BCUT2D eigenvalue weighted by atomic mass is 32.2. The molecule has 0 saturated carbocycles. The monoisotopic (exact) mass is 160 g/mol. The fourth-order valence-electron chi connectivity index (χ4n) is 0.659. The quantitative estimate of drug-likeness (QED) is 0.660. The average molecular weight is 160 g/mol. The van der Waals surface area contributed by atoms with E-state index in [0.717, 1.165) is 0 Å². The molecule has 1 rings (SSSR count). The van der Waals surface area contributed by atoms with Crippen molar-refractivity contribution >= 4 is 9.84 Å². The Labute approximate surface area is 59.2 Å². The summed E-state index contributed by atoms with van der Waals surface area (Å²) >= 11 is 0. The van der Waals surface area contributed by atoms with E-state index in [-0.39, 0.29) is 5.75 Å². The molecule has 0 spiro atoms. The number of aromatic nitrogens is 2. The summed E-state index contributed by atoms with van der Waals surface area (Å²) in [5.41, 5.74) is 0.697. The van der Waals surface area contributed by atoms with Gasteiger partial charge in [0.05, 0.1) is 11.9 Å². The number of nitrogens with zero attached hydrogens (tertiary/aromatic N) is 1. The van der Waals surface area contributed by atoms with Crippen molar-refractivity contribution in [2.24, 2.45) is 0 Å². The van der Waals surface area contributed by atoms with Crippen molar-refractivity contribution in [3.8, 4) is 0 Å². The minimum atomic E-state index is -2.91. The Morgan fingerprint density at radius 1 is 1.70 bits per heavy atom. The van der Waals surface area contributed by atoms with E-state index >= 15 is 0 Å². The smallest absolute Gasteiger partial charge is 0.151 e. The first-order chi connectivity index (χ1) is 4.58. The Morgan fingerprint density at radius 2 is 2.40 bits per heavy atom. The molecule has 0 aliphatic carbocycles. The standard InChI is InChI=1S/C5H8N2O2S/c1-10(8,9)4-5-2-6-7-3-5/h2-3H,4H2,1H3,(H,6,7). The molecule has 0 atom stereocenters. The molecule has 0 amide bonds. The number of nitrogens with one attached hydrogen (secondary N) is 1. The van der Waals surface area contributed by atoms with Gasteiger partial charge in [-0.1, -0.05) is 0 Å². The molecular formula is C5H8N2O2S. The number of H-pyrrole nitrogens is 1. The van der Waals surface area contributed by atoms with Gasteiger partial charge in [0.25, 0.3) is 0 Å². The van der Waals surface area contributed by atoms with Crippen LogP contribution in [0.1, 0.15) is 5.56 Å². The number of aromatic amines is 1. The fraction of sp³-hybridized carbons (Fsp3) is 0.400. The number of hydrogen-bond acceptors (Lipinski definition) is 3. The van der Waals surface area contributed by atoms with E-state index in [2.05, 4.69) is 10.2 Å². The molecule has 0 unspecified atom stereocenters. The maximum Gasteiger partial charge on any atom is 0.151 e. The van der Waals surface area contributed by atoms with Gasteiger partial charge >= 0.3 is 0 Å². The third-order valence-corrected chi connectivity index (χ3v) is 1.84. The maximum atomic E-state index is 10.7. The summed E-state index contributed by atoms with van der Waals surface area (Å²) < 4.78 is 21.3. The van der Waals surface area contributed by atoms with Gasteiger partial charge < -0.3 is 0 Å². The second-order valence-electron chi connectivity index (χ2n) is 2.18. The highest BCUT2D eigenvalue weighted by Gasteiger charge is 2.03. The predicted octanol–water partition coefficient (Wildman–Crippen LogP) is -0.0457. The second-order valence-corrected chi connectivity index (χ2v) is 4.32. The molecule has 0 saturated heterocycles. The lowest BCUT2D eigenvalue weighted by Gasteiger charge is -1.90. The van der Waals surface area contributed by atoms with Crippen molar-refractivity contribution in [1.29, 1.82) is 0 Å². The summed E-state index contributed by atoms with van der Waals surface area (Å²) in [7, 11) is -2.91. The highest BCUT2D eigenvalue weighted by molar-refractivity contribution is 7.89. The summed E-state index contributed by atoms with van der Waals surface area (Å²) in [5.74, 6) is 0.0590. The lowest BCUT2D eigenvalue weighted by Crippen LogP contribution is -1.98. The predicted molar refractivity (Wildman–Crippen MR) is 37.1 cm³/mol. The van der Waals surface area contributed by atoms with E-state index in [1.165, 1.54) is 12.5 Å². The first-order valence-electron chi connectivity index (χ1n) is 2.73. The zero-order valence-electron chi connectivity index (χ0n) is 5.53. The van der Waals surface area contributed by atoms with Crippen LogP contribution in [0.2, 0.25) is 0 Å². The summed E-state index contributed by atoms with van der Waals surface area (Å²) in [5, 5.41) is 6.15. The Morgan fingerprint density at radius 3 is 2.80 bits per heavy atom. The molecule has 1 aromatic heterocycles. The van der Waals surface area contributed by atoms with Crippen LogP contribution in [0.5, 0.6) is 0 Å². The van der Waals surface area contributed by atoms with Crippen LogP contribution in [-0.4, -0.2) is 24.9 Å². The molecule has 1 aromatic rings. The number of hydrogen-bond donors (Lipinski definition) is 1. The highest BCUT2D eigenvalue weighted by Crippen LogP contribution is 1.99. The van der Waals surface area contributed by atoms with E-state index in [9.17, 15) is 8.42 Å². The molecule has 1 heterocycles. The maximum absolute atomic E-state index is 10.7. The summed E-state index contributed by atoms with van der Waals surface area (Å²) in [4.78, 5) is 0. The van der Waals surface area contributed by atoms with Gasteiger partial charge in [0.2, 0.25) is 0 Å². The zero-order valence-corrected chi connectivity index (χ0v) is 6.35. The third kappa shape index (κ3) is 2.18. The molecule has 0 aliphatic heterocycles. The minimum Gasteiger partial charge on any atom is -0.285 e. The van der Waals surface area contributed by atoms with Crippen molar-refractivity contribution in [2.45, 2.75) is 5.75 Å². The normalized spacial score (nSPS) is 11.7. The van der Waals surface area contributed by atoms with Crippen LogP contribution in [0, 0.1) is 0 Å². The van der Waals surface area contributed by atoms with Crippen molar-refractivity contribution < 1.29 is 8.42 Å². The zero-order chi connectivity index (χ0) is 7.61. The van der Waals surface area contributed by atoms with Crippen LogP contribution < -0.4 is 0 Å². The number of rotatable bonds is 2. The van der Waals surface area contributed by atoms with Gasteiger partial charge in [0.15, 0.2) is 9.84 Å². The van der Waals surface area contributed by atoms with Crippen molar-refractivity contribution in [3.63, 3.8) is 0 Å². The molecule has 10 heavy (non-hydrogen) atoms. The molecule has 0 bridgehead atoms. The van der Waals surface area contributed by atoms with Gasteiger partial charge in [-0.15, -0.1) is 0 Å². The molecule has 0 aromatic carbocycles. The van der Waals surface area contributed by atoms with Crippen LogP contribution in [-0.2, 0) is 15.6 Å². The van der Waals surface area contributed by atoms with Crippen LogP contribution in [0.25, 0.3) is 0 Å². The average Bonchev–Trinajstić information content (AvgIpc) is 2.12. The van der Waals surface area contributed by atoms with Gasteiger partial charge in [0, 0.05) is 18.0 Å². The third-order valence-electron chi connectivity index (χ3n) is 0.984. The molecule has 0 aliphatic rings. The summed E-state index contributed by atoms with van der Waals surface area (Å²) in [6.07, 6.45) is 4.27. The summed E-state index contributed by atoms with van der Waals surface area (Å²) in [6.45, 7) is 0. The van der Waals surface area contributed by atoms with E-state index in [4.69, 9.17) is 0 Å². The minimum absolute atomic E-state index is 0.0590. The Balaban J connectivity index is 2.75. The van der Waals surface area contributed by atoms with Gasteiger partial charge in [-0.25, -0.2) is 8.42 Å². The Kier molecular flexibility index (Phi) is 1.76. The van der Waals surface area contributed by atoms with Crippen molar-refractivity contribution in [2.75, 3.05) is 6.26 Å². The van der Waals surface area contributed by atoms with Crippen LogP contribution in [0.15, 0.2) is 12.4 Å². The van der Waals surface area contributed by atoms with Gasteiger partial charge in [-0.2, -0.15) is 5.10 Å². The van der Waals surface area contributed by atoms with Gasteiger partial charge in [-0.3, -0.25) is 5.10 Å². The molecule has 1 N–H and O–H groups in total. The molecular weight excluding hydrogens is 152 g/mol. The van der Waals surface area contributed by atoms with E-state index in [1.54, 1.807) is 6.20 Å². The molecule has 0 fully saturated rings. The van der Waals surface area contributed by atoms with E-state index < -0.39 is 9.84 Å². The van der Waals surface area contributed by atoms with Crippen molar-refractivity contribution in [1.82, 2.24) is 10.2 Å². The SMILES string of the molecule is CS(=O)(=O)Cc1cn[nH]c1. The molecule has 5 heteroatoms. The van der Waals surface area contributed by atoms with Crippen LogP contribution >= 0.6 is 0 Å². The second kappa shape index (κ2) is 2.42. The van der Waals surface area contributed by atoms with Crippen molar-refractivity contribution in [3.05, 3.63) is 18.0 Å². The first kappa shape index (κ1) is 7.27. The largest absolute Gasteiger partial charge is 0.285 e. The lowest BCUT2D eigenvalue weighted by atomic mass is 10.4. The molecule has 0 radical (unpaired) electrons. The molecule has 56 valence electrons. The van der Waals surface area contributed by atoms with Crippen LogP contribution in [0.3, 0.4) is 0 Å². The topological polar surface area (TPSA) is 62.8 Å². The van der Waals surface area contributed by atoms with Gasteiger partial charge in [-0.05, 0) is 0 Å². The van der Waals surface area contributed by atoms with E-state index in [1.807, 2.05) is 0 Å². The van der Waals surface area contributed by atoms with E-state index in [0.29, 0.717) is 5.56 Å². The number of sulfone groups is 1. The summed E-state index contributed by atoms with van der Waals surface area (Å²) in [6, 6.07) is 0. The Hall–Kier alpha value is -0.840. The Bertz CT molecular complexity index is 287.